The van der Waals surface area contributed by atoms with Crippen molar-refractivity contribution in [1.29, 1.82) is 0 Å². The van der Waals surface area contributed by atoms with Crippen molar-refractivity contribution in [2.24, 2.45) is 0 Å². The van der Waals surface area contributed by atoms with E-state index in [1.807, 2.05) is 36.4 Å². The molecule has 8 atom stereocenters. The van der Waals surface area contributed by atoms with E-state index in [0.29, 0.717) is 45.7 Å². The number of benzene rings is 2. The predicted molar refractivity (Wildman–Crippen MR) is 187 cm³/mol. The molecule has 0 saturated carbocycles. The molecule has 4 aliphatic rings. The molecule has 0 radical (unpaired) electrons. The molecule has 48 heavy (non-hydrogen) atoms. The summed E-state index contributed by atoms with van der Waals surface area (Å²) in [6.45, 7) is 17.8. The minimum Gasteiger partial charge on any atom is -0.391 e. The van der Waals surface area contributed by atoms with Crippen molar-refractivity contribution in [3.05, 3.63) is 71.8 Å². The van der Waals surface area contributed by atoms with Gasteiger partial charge in [-0.1, -0.05) is 102 Å². The van der Waals surface area contributed by atoms with Crippen LogP contribution in [-0.2, 0) is 50.5 Å². The summed E-state index contributed by atoms with van der Waals surface area (Å²) in [4.78, 5) is 0. The second-order valence-corrected chi connectivity index (χ2v) is 21.2. The van der Waals surface area contributed by atoms with Crippen LogP contribution < -0.4 is 0 Å². The molecule has 8 nitrogen and oxygen atoms in total. The molecule has 6 rings (SSSR count). The van der Waals surface area contributed by atoms with Gasteiger partial charge in [-0.3, -0.25) is 0 Å². The lowest BCUT2D eigenvalue weighted by Gasteiger charge is -2.58. The van der Waals surface area contributed by atoms with Crippen LogP contribution in [0.25, 0.3) is 0 Å². The Balaban J connectivity index is 1.20. The monoisotopic (exact) mass is 682 g/mol. The van der Waals surface area contributed by atoms with Crippen molar-refractivity contribution in [2.75, 3.05) is 20.3 Å². The van der Waals surface area contributed by atoms with Gasteiger partial charge in [-0.15, -0.1) is 0 Å². The summed E-state index contributed by atoms with van der Waals surface area (Å²) in [6, 6.07) is 20.6. The molecule has 0 aromatic heterocycles. The largest absolute Gasteiger partial charge is 0.391 e. The van der Waals surface area contributed by atoms with Gasteiger partial charge in [0.05, 0.1) is 49.8 Å². The Kier molecular flexibility index (Phi) is 10.7. The Hall–Kier alpha value is -1.66. The zero-order chi connectivity index (χ0) is 34.2. The van der Waals surface area contributed by atoms with Crippen LogP contribution in [0.5, 0.6) is 0 Å². The third kappa shape index (κ3) is 7.23. The molecular formula is C39H58O8Si. The average Bonchev–Trinajstić information content (AvgIpc) is 3.17. The highest BCUT2D eigenvalue weighted by Gasteiger charge is 2.66. The Morgan fingerprint density at radius 2 is 1.48 bits per heavy atom. The number of hydrogen-bond acceptors (Lipinski definition) is 8. The summed E-state index contributed by atoms with van der Waals surface area (Å²) in [7, 11) is -0.947. The number of fused-ring (bicyclic) bond motifs is 3. The number of ether oxygens (including phenoxy) is 6. The van der Waals surface area contributed by atoms with Crippen LogP contribution >= 0.6 is 0 Å². The maximum absolute atomic E-state index is 7.21. The fraction of sp³-hybridized carbons (Fsp3) is 0.692. The van der Waals surface area contributed by atoms with E-state index in [-0.39, 0.29) is 46.7 Å². The van der Waals surface area contributed by atoms with Crippen molar-refractivity contribution in [3.63, 3.8) is 0 Å². The van der Waals surface area contributed by atoms with E-state index >= 15 is 0 Å². The molecular weight excluding hydrogens is 625 g/mol. The zero-order valence-electron chi connectivity index (χ0n) is 30.4. The smallest absolute Gasteiger partial charge is 0.349 e. The second kappa shape index (κ2) is 14.2. The van der Waals surface area contributed by atoms with Gasteiger partial charge in [0, 0.05) is 43.1 Å². The summed E-state index contributed by atoms with van der Waals surface area (Å²) in [5, 5.41) is -0.235. The third-order valence-electron chi connectivity index (χ3n) is 11.0. The predicted octanol–water partition coefficient (Wildman–Crippen LogP) is 7.86. The molecule has 0 amide bonds. The summed E-state index contributed by atoms with van der Waals surface area (Å²) in [6.07, 6.45) is 2.38. The van der Waals surface area contributed by atoms with Crippen molar-refractivity contribution >= 4 is 8.56 Å². The fourth-order valence-corrected chi connectivity index (χ4v) is 13.6. The molecule has 266 valence electrons. The quantitative estimate of drug-likeness (QED) is 0.196. The highest BCUT2D eigenvalue weighted by molar-refractivity contribution is 6.73. The van der Waals surface area contributed by atoms with Crippen molar-refractivity contribution < 1.29 is 37.3 Å². The maximum atomic E-state index is 7.21. The van der Waals surface area contributed by atoms with Gasteiger partial charge in [-0.25, -0.2) is 0 Å². The zero-order valence-corrected chi connectivity index (χ0v) is 31.4. The minimum absolute atomic E-state index is 0.117. The first kappa shape index (κ1) is 36.1. The van der Waals surface area contributed by atoms with E-state index in [2.05, 4.69) is 72.7 Å². The Labute approximate surface area is 289 Å². The molecule has 0 spiro atoms. The highest BCUT2D eigenvalue weighted by Crippen LogP contribution is 2.56. The molecule has 9 heteroatoms. The lowest BCUT2D eigenvalue weighted by atomic mass is 9.83. The van der Waals surface area contributed by atoms with E-state index in [1.54, 1.807) is 7.11 Å². The van der Waals surface area contributed by atoms with Crippen molar-refractivity contribution in [1.82, 2.24) is 0 Å². The second-order valence-electron chi connectivity index (χ2n) is 16.5. The van der Waals surface area contributed by atoms with Gasteiger partial charge in [0.2, 0.25) is 0 Å². The average molecular weight is 683 g/mol. The van der Waals surface area contributed by atoms with Crippen LogP contribution in [0.1, 0.15) is 91.7 Å². The van der Waals surface area contributed by atoms with Crippen LogP contribution in [0.3, 0.4) is 0 Å². The summed E-state index contributed by atoms with van der Waals surface area (Å²) >= 11 is 0. The van der Waals surface area contributed by atoms with Crippen LogP contribution in [-0.4, -0.2) is 76.9 Å². The van der Waals surface area contributed by atoms with Crippen molar-refractivity contribution in [2.45, 2.75) is 152 Å². The first-order valence-corrected chi connectivity index (χ1v) is 19.7. The SMILES string of the molecule is CO[C@]12CC[C@H]3O[C@@H](CCOCc4ccccc4)[C@H](OCc4ccccc4)C[C@]3(C)O[C@@H]1C[C@@H]1O[Si](C(C)(C)C)(C(C)(C)C)OC[C@H]1O2. The van der Waals surface area contributed by atoms with E-state index in [4.69, 9.17) is 37.3 Å². The normalized spacial score (nSPS) is 35.2. The number of rotatable bonds is 9. The van der Waals surface area contributed by atoms with Crippen LogP contribution in [0.4, 0.5) is 0 Å². The van der Waals surface area contributed by atoms with Crippen LogP contribution in [0, 0.1) is 0 Å². The first-order chi connectivity index (χ1) is 22.8. The van der Waals surface area contributed by atoms with Crippen LogP contribution in [0.15, 0.2) is 60.7 Å². The lowest BCUT2D eigenvalue weighted by molar-refractivity contribution is -0.358. The topological polar surface area (TPSA) is 73.8 Å². The molecule has 0 unspecified atom stereocenters. The summed E-state index contributed by atoms with van der Waals surface area (Å²) < 4.78 is 54.1. The van der Waals surface area contributed by atoms with Gasteiger partial charge in [0.25, 0.3) is 0 Å². The Morgan fingerprint density at radius 1 is 0.833 bits per heavy atom. The summed E-state index contributed by atoms with van der Waals surface area (Å²) in [5.74, 6) is -0.905. The molecule has 4 saturated heterocycles. The molecule has 0 bridgehead atoms. The molecule has 4 fully saturated rings. The molecule has 0 N–H and O–H groups in total. The lowest BCUT2D eigenvalue weighted by Crippen LogP contribution is -2.70. The molecule has 2 aromatic carbocycles. The van der Waals surface area contributed by atoms with Gasteiger partial charge < -0.3 is 37.3 Å². The van der Waals surface area contributed by atoms with Crippen LogP contribution in [0.2, 0.25) is 10.1 Å². The van der Waals surface area contributed by atoms with Crippen molar-refractivity contribution in [3.8, 4) is 0 Å². The highest BCUT2D eigenvalue weighted by atomic mass is 28.4. The molecule has 0 aliphatic carbocycles. The molecule has 4 heterocycles. The molecule has 4 aliphatic heterocycles. The number of hydrogen-bond donors (Lipinski definition) is 0. The van der Waals surface area contributed by atoms with Gasteiger partial charge in [-0.05, 0) is 30.9 Å². The Morgan fingerprint density at radius 3 is 2.10 bits per heavy atom. The van der Waals surface area contributed by atoms with E-state index < -0.39 is 19.9 Å². The van der Waals surface area contributed by atoms with Gasteiger partial charge in [0.15, 0.2) is 5.79 Å². The summed E-state index contributed by atoms with van der Waals surface area (Å²) in [5.41, 5.74) is 1.70. The fourth-order valence-electron chi connectivity index (χ4n) is 8.63. The number of methoxy groups -OCH3 is 1. The maximum Gasteiger partial charge on any atom is 0.349 e. The Bertz CT molecular complexity index is 1310. The first-order valence-electron chi connectivity index (χ1n) is 17.9. The van der Waals surface area contributed by atoms with Gasteiger partial charge >= 0.3 is 8.56 Å². The van der Waals surface area contributed by atoms with E-state index in [9.17, 15) is 0 Å². The van der Waals surface area contributed by atoms with E-state index in [1.165, 1.54) is 0 Å². The van der Waals surface area contributed by atoms with Gasteiger partial charge in [-0.2, -0.15) is 0 Å². The standard InChI is InChI=1S/C39H58O8Si/c1-36(2,3)48(37(4,5)6)43-27-33-31(47-48)23-35-39(40-8,45-33)21-19-34-38(7,46-35)24-32(42-26-29-17-13-10-14-18-29)30(44-34)20-22-41-25-28-15-11-9-12-16-28/h9-18,30-35H,19-27H2,1-8H3/t30-,31-,32+,33+,34+,35+,38-,39-/m0/s1. The molecule has 2 aromatic rings. The third-order valence-corrected chi connectivity index (χ3v) is 16.1. The van der Waals surface area contributed by atoms with Gasteiger partial charge in [0.1, 0.15) is 12.2 Å². The van der Waals surface area contributed by atoms with E-state index in [0.717, 1.165) is 24.0 Å². The minimum atomic E-state index is -2.68.